The number of aromatic carboxylic acids is 2. The summed E-state index contributed by atoms with van der Waals surface area (Å²) in [5.41, 5.74) is -0.380. The standard InChI is InChI=1S/C21H17N3O6S2/c1-11(17(25)24-21-22-8-9-31-21)32-14-5-3-13(4-6-14)23-18(26)15-7-2-12(19(27)28)10-16(15)20(29)30/h2-11H,1H3,(H,23,26)(H,27,28)(H,29,30)(H,22,24,25). The maximum Gasteiger partial charge on any atom is 0.336 e. The van der Waals surface area contributed by atoms with Crippen LogP contribution in [0.2, 0.25) is 0 Å². The highest BCUT2D eigenvalue weighted by Gasteiger charge is 2.20. The molecular formula is C21H17N3O6S2. The molecule has 2 amide bonds. The summed E-state index contributed by atoms with van der Waals surface area (Å²) >= 11 is 2.65. The van der Waals surface area contributed by atoms with Crippen molar-refractivity contribution in [3.63, 3.8) is 0 Å². The average Bonchev–Trinajstić information content (AvgIpc) is 3.27. The third-order valence-corrected chi connectivity index (χ3v) is 6.00. The van der Waals surface area contributed by atoms with Gasteiger partial charge in [0.15, 0.2) is 5.13 Å². The summed E-state index contributed by atoms with van der Waals surface area (Å²) < 4.78 is 0. The molecule has 3 rings (SSSR count). The molecule has 0 fully saturated rings. The molecule has 0 bridgehead atoms. The van der Waals surface area contributed by atoms with Gasteiger partial charge in [-0.15, -0.1) is 23.1 Å². The van der Waals surface area contributed by atoms with Gasteiger partial charge in [0.25, 0.3) is 5.91 Å². The Morgan fingerprint density at radius 1 is 0.969 bits per heavy atom. The van der Waals surface area contributed by atoms with Crippen LogP contribution in [-0.2, 0) is 4.79 Å². The van der Waals surface area contributed by atoms with E-state index in [1.54, 1.807) is 42.8 Å². The Morgan fingerprint density at radius 2 is 1.69 bits per heavy atom. The number of anilines is 2. The normalized spacial score (nSPS) is 11.4. The minimum atomic E-state index is -1.41. The van der Waals surface area contributed by atoms with Gasteiger partial charge in [-0.3, -0.25) is 9.59 Å². The first-order valence-corrected chi connectivity index (χ1v) is 10.9. The van der Waals surface area contributed by atoms with Gasteiger partial charge in [0.05, 0.1) is 21.9 Å². The van der Waals surface area contributed by atoms with Crippen molar-refractivity contribution in [2.24, 2.45) is 0 Å². The van der Waals surface area contributed by atoms with Gasteiger partial charge in [-0.1, -0.05) is 0 Å². The molecule has 0 saturated carbocycles. The second-order valence-corrected chi connectivity index (χ2v) is 8.74. The summed E-state index contributed by atoms with van der Waals surface area (Å²) in [6, 6.07) is 9.96. The van der Waals surface area contributed by atoms with Crippen molar-refractivity contribution in [3.05, 3.63) is 70.7 Å². The van der Waals surface area contributed by atoms with E-state index in [-0.39, 0.29) is 22.3 Å². The van der Waals surface area contributed by atoms with Crippen molar-refractivity contribution in [1.29, 1.82) is 0 Å². The zero-order chi connectivity index (χ0) is 23.3. The lowest BCUT2D eigenvalue weighted by Gasteiger charge is -2.12. The van der Waals surface area contributed by atoms with Crippen molar-refractivity contribution in [3.8, 4) is 0 Å². The summed E-state index contributed by atoms with van der Waals surface area (Å²) in [6.07, 6.45) is 1.60. The molecule has 4 N–H and O–H groups in total. The number of nitrogens with zero attached hydrogens (tertiary/aromatic N) is 1. The lowest BCUT2D eigenvalue weighted by Crippen LogP contribution is -2.22. The highest BCUT2D eigenvalue weighted by Crippen LogP contribution is 2.26. The SMILES string of the molecule is CC(Sc1ccc(NC(=O)c2ccc(C(=O)O)cc2C(=O)O)cc1)C(=O)Nc1nccs1. The summed E-state index contributed by atoms with van der Waals surface area (Å²) in [6.45, 7) is 1.76. The summed E-state index contributed by atoms with van der Waals surface area (Å²) in [5, 5.41) is 25.6. The Morgan fingerprint density at radius 3 is 2.28 bits per heavy atom. The van der Waals surface area contributed by atoms with Gasteiger partial charge in [-0.25, -0.2) is 14.6 Å². The number of thioether (sulfide) groups is 1. The highest BCUT2D eigenvalue weighted by molar-refractivity contribution is 8.00. The molecule has 3 aromatic rings. The number of nitrogens with one attached hydrogen (secondary N) is 2. The highest BCUT2D eigenvalue weighted by atomic mass is 32.2. The van der Waals surface area contributed by atoms with E-state index >= 15 is 0 Å². The van der Waals surface area contributed by atoms with E-state index in [0.717, 1.165) is 17.0 Å². The van der Waals surface area contributed by atoms with Crippen LogP contribution in [-0.4, -0.2) is 44.2 Å². The third kappa shape index (κ3) is 5.71. The fourth-order valence-corrected chi connectivity index (χ4v) is 4.02. The van der Waals surface area contributed by atoms with Crippen molar-refractivity contribution in [2.45, 2.75) is 17.1 Å². The van der Waals surface area contributed by atoms with Gasteiger partial charge in [0.2, 0.25) is 5.91 Å². The smallest absolute Gasteiger partial charge is 0.336 e. The van der Waals surface area contributed by atoms with E-state index < -0.39 is 23.4 Å². The van der Waals surface area contributed by atoms with Gasteiger partial charge in [-0.2, -0.15) is 0 Å². The topological polar surface area (TPSA) is 146 Å². The first-order chi connectivity index (χ1) is 15.2. The number of carboxylic acid groups (broad SMARTS) is 2. The van der Waals surface area contributed by atoms with Crippen LogP contribution in [0, 0.1) is 0 Å². The van der Waals surface area contributed by atoms with Crippen molar-refractivity contribution in [1.82, 2.24) is 4.98 Å². The molecule has 0 aliphatic rings. The number of carbonyl (C=O) groups excluding carboxylic acids is 2. The van der Waals surface area contributed by atoms with Crippen molar-refractivity contribution in [2.75, 3.05) is 10.6 Å². The van der Waals surface area contributed by atoms with Crippen LogP contribution in [0.4, 0.5) is 10.8 Å². The average molecular weight is 472 g/mol. The van der Waals surface area contributed by atoms with Crippen LogP contribution in [0.3, 0.4) is 0 Å². The summed E-state index contributed by atoms with van der Waals surface area (Å²) in [7, 11) is 0. The molecule has 0 aliphatic carbocycles. The van der Waals surface area contributed by atoms with Crippen molar-refractivity contribution >= 4 is 57.7 Å². The molecule has 1 unspecified atom stereocenters. The Labute approximate surface area is 190 Å². The lowest BCUT2D eigenvalue weighted by atomic mass is 10.0. The number of carbonyl (C=O) groups is 4. The van der Waals surface area contributed by atoms with Gasteiger partial charge in [0, 0.05) is 22.2 Å². The van der Waals surface area contributed by atoms with E-state index in [9.17, 15) is 24.3 Å². The quantitative estimate of drug-likeness (QED) is 0.362. The molecule has 11 heteroatoms. The number of aromatic nitrogens is 1. The molecule has 1 heterocycles. The number of hydrogen-bond donors (Lipinski definition) is 4. The molecule has 0 radical (unpaired) electrons. The predicted octanol–water partition coefficient (Wildman–Crippen LogP) is 3.91. The van der Waals surface area contributed by atoms with E-state index in [1.807, 2.05) is 0 Å². The molecule has 1 aromatic heterocycles. The second-order valence-electron chi connectivity index (χ2n) is 6.44. The Kier molecular flexibility index (Phi) is 7.23. The molecule has 164 valence electrons. The zero-order valence-corrected chi connectivity index (χ0v) is 18.2. The molecule has 9 nitrogen and oxygen atoms in total. The zero-order valence-electron chi connectivity index (χ0n) is 16.6. The molecule has 0 spiro atoms. The first kappa shape index (κ1) is 23.0. The minimum Gasteiger partial charge on any atom is -0.478 e. The van der Waals surface area contributed by atoms with Crippen molar-refractivity contribution < 1.29 is 29.4 Å². The van der Waals surface area contributed by atoms with Gasteiger partial charge >= 0.3 is 11.9 Å². The number of thiazole rings is 1. The van der Waals surface area contributed by atoms with Crippen LogP contribution in [0.15, 0.2) is 58.9 Å². The molecule has 0 aliphatic heterocycles. The molecular weight excluding hydrogens is 454 g/mol. The van der Waals surface area contributed by atoms with Gasteiger partial charge in [0.1, 0.15) is 0 Å². The number of amides is 2. The van der Waals surface area contributed by atoms with Crippen LogP contribution in [0.5, 0.6) is 0 Å². The van der Waals surface area contributed by atoms with E-state index in [2.05, 4.69) is 15.6 Å². The van der Waals surface area contributed by atoms with E-state index in [0.29, 0.717) is 10.8 Å². The Balaban J connectivity index is 1.65. The lowest BCUT2D eigenvalue weighted by molar-refractivity contribution is -0.115. The van der Waals surface area contributed by atoms with Crippen LogP contribution in [0.25, 0.3) is 0 Å². The molecule has 0 saturated heterocycles. The molecule has 2 aromatic carbocycles. The number of carboxylic acids is 2. The van der Waals surface area contributed by atoms with E-state index in [1.165, 1.54) is 29.2 Å². The molecule has 32 heavy (non-hydrogen) atoms. The number of hydrogen-bond acceptors (Lipinski definition) is 7. The Bertz CT molecular complexity index is 1160. The van der Waals surface area contributed by atoms with Crippen LogP contribution < -0.4 is 10.6 Å². The summed E-state index contributed by atoms with van der Waals surface area (Å²) in [4.78, 5) is 52.1. The second kappa shape index (κ2) is 10.1. The summed E-state index contributed by atoms with van der Waals surface area (Å²) in [5.74, 6) is -3.57. The largest absolute Gasteiger partial charge is 0.478 e. The predicted molar refractivity (Wildman–Crippen MR) is 121 cm³/mol. The maximum absolute atomic E-state index is 12.5. The minimum absolute atomic E-state index is 0.159. The van der Waals surface area contributed by atoms with E-state index in [4.69, 9.17) is 5.11 Å². The van der Waals surface area contributed by atoms with Gasteiger partial charge in [-0.05, 0) is 49.4 Å². The number of rotatable bonds is 8. The Hall–Kier alpha value is -3.70. The van der Waals surface area contributed by atoms with Crippen LogP contribution in [0.1, 0.15) is 38.0 Å². The fourth-order valence-electron chi connectivity index (χ4n) is 2.62. The fraction of sp³-hybridized carbons (Fsp3) is 0.0952. The molecule has 1 atom stereocenters. The maximum atomic E-state index is 12.5. The third-order valence-electron chi connectivity index (χ3n) is 4.20. The van der Waals surface area contributed by atoms with Gasteiger partial charge < -0.3 is 20.8 Å². The monoisotopic (exact) mass is 471 g/mol. The first-order valence-electron chi connectivity index (χ1n) is 9.13. The van der Waals surface area contributed by atoms with Crippen LogP contribution >= 0.6 is 23.1 Å². The number of benzene rings is 2.